The fourth-order valence-corrected chi connectivity index (χ4v) is 13.6. The number of nitrogens with two attached hydrogens (primary N) is 1. The van der Waals surface area contributed by atoms with Gasteiger partial charge in [-0.1, -0.05) is 66.7 Å². The second kappa shape index (κ2) is 39.8. The van der Waals surface area contributed by atoms with Gasteiger partial charge in [0.25, 0.3) is 23.6 Å². The van der Waals surface area contributed by atoms with Crippen molar-refractivity contribution < 1.29 is 45.6 Å². The van der Waals surface area contributed by atoms with Crippen molar-refractivity contribution in [2.75, 3.05) is 39.8 Å². The lowest BCUT2D eigenvalue weighted by Gasteiger charge is -2.20. The van der Waals surface area contributed by atoms with Crippen molar-refractivity contribution in [1.82, 2.24) is 16.1 Å². The number of aryl methyl sites for hydroxylation is 4. The summed E-state index contributed by atoms with van der Waals surface area (Å²) in [6, 6.07) is 66.8. The van der Waals surface area contributed by atoms with E-state index in [0.717, 1.165) is 76.2 Å². The van der Waals surface area contributed by atoms with E-state index >= 15 is 0 Å². The first-order valence-corrected chi connectivity index (χ1v) is 39.0. The van der Waals surface area contributed by atoms with E-state index < -0.39 is 33.4 Å². The predicted molar refractivity (Wildman–Crippen MR) is 456 cm³/mol. The zero-order chi connectivity index (χ0) is 75.9. The van der Waals surface area contributed by atoms with Gasteiger partial charge in [-0.25, -0.2) is 32.2 Å². The normalized spacial score (nSPS) is 10.6. The molecule has 0 radical (unpaired) electrons. The van der Waals surface area contributed by atoms with Gasteiger partial charge in [-0.3, -0.25) is 24.0 Å². The molecule has 4 amide bonds. The highest BCUT2D eigenvalue weighted by Gasteiger charge is 2.21. The van der Waals surface area contributed by atoms with Crippen LogP contribution in [0.25, 0.3) is 0 Å². The highest BCUT2D eigenvalue weighted by atomic mass is 127. The Morgan fingerprint density at radius 2 is 0.790 bits per heavy atom. The molecule has 0 fully saturated rings. The molecule has 0 saturated carbocycles. The van der Waals surface area contributed by atoms with Crippen molar-refractivity contribution in [2.45, 2.75) is 45.7 Å². The van der Waals surface area contributed by atoms with E-state index in [-0.39, 0.29) is 45.9 Å². The molecule has 0 bridgehead atoms. The summed E-state index contributed by atoms with van der Waals surface area (Å²) < 4.78 is 69.3. The summed E-state index contributed by atoms with van der Waals surface area (Å²) in [6.07, 6.45) is 1.58. The van der Waals surface area contributed by atoms with Crippen molar-refractivity contribution in [1.29, 1.82) is 0 Å². The smallest absolute Gasteiger partial charge is 0.276 e. The van der Waals surface area contributed by atoms with Gasteiger partial charge in [-0.2, -0.15) is 0 Å². The first kappa shape index (κ1) is 82.2. The van der Waals surface area contributed by atoms with E-state index in [9.17, 15) is 40.8 Å². The molecule has 0 aliphatic carbocycles. The van der Waals surface area contributed by atoms with Crippen LogP contribution in [0.15, 0.2) is 248 Å². The maximum absolute atomic E-state index is 13.8. The molecule has 0 saturated heterocycles. The summed E-state index contributed by atoms with van der Waals surface area (Å²) in [5, 5.41) is 23.5. The quantitative estimate of drug-likeness (QED) is 0.0192. The zero-order valence-corrected chi connectivity index (χ0v) is 68.8. The number of carbonyl (C=O) groups excluding carboxylic acids is 4. The van der Waals surface area contributed by atoms with E-state index in [1.807, 2.05) is 173 Å². The summed E-state index contributed by atoms with van der Waals surface area (Å²) >= 11 is 11.2. The Morgan fingerprint density at radius 1 is 0.438 bits per heavy atom. The first-order valence-electron chi connectivity index (χ1n) is 32.0. The van der Waals surface area contributed by atoms with Gasteiger partial charge in [0.05, 0.1) is 56.5 Å². The number of hydrogen-bond donors (Lipinski definition) is 8. The Hall–Kier alpha value is -8.45. The first-order chi connectivity index (χ1) is 50.1. The summed E-state index contributed by atoms with van der Waals surface area (Å²) in [4.78, 5) is 57.4. The SMILES string of the molecule is C=CCNC(=O)c1cc(F)ccc1Nc1ccc(I)cc1C.Cc1cc(I)ccc1Nc1ccc(F)cc1C(=O)N(C)c1ccccc1.Cc1cc(I)ccc1Nc1ccc(F)cc1C(=O)NCc1ccc(S(N)(=O)=O)cc1.Cc1cc(I)ccc1Nc1ccc(I)cc1C(=O)NOCc1ccccc1. The van der Waals surface area contributed by atoms with Crippen LogP contribution in [0.5, 0.6) is 0 Å². The lowest BCUT2D eigenvalue weighted by atomic mass is 10.1. The number of nitrogens with zero attached hydrogens (tertiary/aromatic N) is 1. The average molecular weight is 1990 g/mol. The highest BCUT2D eigenvalue weighted by molar-refractivity contribution is 14.1. The van der Waals surface area contributed by atoms with Crippen molar-refractivity contribution in [2.24, 2.45) is 5.14 Å². The van der Waals surface area contributed by atoms with Crippen LogP contribution in [0.3, 0.4) is 0 Å². The summed E-state index contributed by atoms with van der Waals surface area (Å²) in [5.41, 5.74) is 16.3. The van der Waals surface area contributed by atoms with E-state index in [1.54, 1.807) is 37.4 Å². The number of sulfonamides is 1. The van der Waals surface area contributed by atoms with Crippen molar-refractivity contribution in [3.8, 4) is 0 Å². The zero-order valence-electron chi connectivity index (χ0n) is 57.2. The molecule has 0 aliphatic rings. The lowest BCUT2D eigenvalue weighted by molar-refractivity contribution is 0.0234. The molecule has 11 rings (SSSR count). The van der Waals surface area contributed by atoms with Crippen molar-refractivity contribution in [3.05, 3.63) is 334 Å². The summed E-state index contributed by atoms with van der Waals surface area (Å²) in [5.74, 6) is -2.78. The standard InChI is InChI=1S/C21H19FIN3O3S.C21H18FIN2O.C21H18I2N2O2.C17H16FIN2O/c1-13-10-16(23)5-9-19(13)26-20-8-4-15(22)11-18(20)21(27)25-12-14-2-6-17(7-3-14)30(24,28)29;1-14-12-16(23)9-11-19(14)24-20-10-8-15(22)13-18(20)21(26)25(2)17-6-4-3-5-7-17;1-14-11-16(22)7-9-19(14)24-20-10-8-17(23)12-18(20)21(26)25-27-13-15-5-3-2-4-6-15;1-3-8-20-17(22)14-10-12(18)4-6-16(14)21-15-7-5-13(19)9-11(15)2/h2-11,26H,12H2,1H3,(H,25,27)(H2,24,28,29);3-13,24H,1-2H3;2-12,24H,13H2,1H3,(H,25,26);3-7,9-10,21H,1,8H2,2H3,(H,20,22). The largest absolute Gasteiger partial charge is 0.355 e. The minimum Gasteiger partial charge on any atom is -0.355 e. The maximum atomic E-state index is 13.8. The number of para-hydroxylation sites is 1. The molecule has 11 aromatic rings. The van der Waals surface area contributed by atoms with Crippen LogP contribution < -0.4 is 47.4 Å². The van der Waals surface area contributed by atoms with E-state index in [1.165, 1.54) is 63.1 Å². The molecule has 9 N–H and O–H groups in total. The van der Waals surface area contributed by atoms with Gasteiger partial charge < -0.3 is 36.8 Å². The fourth-order valence-electron chi connectivity index (χ4n) is 9.99. The molecular formula is C80H71F3I5N9O7S. The molecule has 105 heavy (non-hydrogen) atoms. The molecule has 0 unspecified atom stereocenters. The monoisotopic (exact) mass is 1990 g/mol. The van der Waals surface area contributed by atoms with E-state index in [4.69, 9.17) is 9.98 Å². The predicted octanol–water partition coefficient (Wildman–Crippen LogP) is 20.0. The third-order valence-corrected chi connectivity index (χ3v) is 19.8. The molecule has 0 aliphatic heterocycles. The molecular weight excluding hydrogens is 1920 g/mol. The number of hydroxylamine groups is 1. The third-order valence-electron chi connectivity index (χ3n) is 15.5. The van der Waals surface area contributed by atoms with Crippen LogP contribution in [0.1, 0.15) is 74.8 Å². The Balaban J connectivity index is 0.000000178. The van der Waals surface area contributed by atoms with Crippen LogP contribution in [-0.4, -0.2) is 45.6 Å². The van der Waals surface area contributed by atoms with Gasteiger partial charge in [-0.15, -0.1) is 6.58 Å². The van der Waals surface area contributed by atoms with Gasteiger partial charge in [0.2, 0.25) is 10.0 Å². The molecule has 16 nitrogen and oxygen atoms in total. The molecule has 0 atom stereocenters. The van der Waals surface area contributed by atoms with Crippen LogP contribution >= 0.6 is 113 Å². The lowest BCUT2D eigenvalue weighted by Crippen LogP contribution is -2.27. The Labute approximate surface area is 677 Å². The van der Waals surface area contributed by atoms with Gasteiger partial charge in [0, 0.05) is 66.4 Å². The van der Waals surface area contributed by atoms with Crippen molar-refractivity contribution in [3.63, 3.8) is 0 Å². The number of rotatable bonds is 21. The topological polar surface area (TPSA) is 225 Å². The highest BCUT2D eigenvalue weighted by Crippen LogP contribution is 2.32. The third kappa shape index (κ3) is 25.1. The number of primary sulfonamides is 1. The number of halogens is 8. The number of anilines is 9. The minimum atomic E-state index is -3.78. The van der Waals surface area contributed by atoms with Crippen LogP contribution in [0.4, 0.5) is 64.4 Å². The molecule has 25 heteroatoms. The number of hydrogen-bond acceptors (Lipinski definition) is 11. The number of carbonyl (C=O) groups is 4. The van der Waals surface area contributed by atoms with E-state index in [2.05, 4.69) is 163 Å². The van der Waals surface area contributed by atoms with Crippen LogP contribution in [0, 0.1) is 63.0 Å². The second-order valence-corrected chi connectivity index (χ2v) is 31.2. The van der Waals surface area contributed by atoms with Gasteiger partial charge in [0.1, 0.15) is 17.5 Å². The summed E-state index contributed by atoms with van der Waals surface area (Å²) in [7, 11) is -2.10. The Kier molecular flexibility index (Phi) is 31.1. The van der Waals surface area contributed by atoms with Gasteiger partial charge >= 0.3 is 0 Å². The second-order valence-electron chi connectivity index (χ2n) is 23.4. The number of amides is 4. The Morgan fingerprint density at radius 3 is 1.19 bits per heavy atom. The number of nitrogens with one attached hydrogen (secondary N) is 7. The van der Waals surface area contributed by atoms with Crippen LogP contribution in [-0.2, 0) is 28.0 Å². The molecule has 540 valence electrons. The molecule has 11 aromatic carbocycles. The Bertz CT molecular complexity index is 5050. The maximum Gasteiger partial charge on any atom is 0.276 e. The number of benzene rings is 11. The molecule has 0 spiro atoms. The van der Waals surface area contributed by atoms with Gasteiger partial charge in [0.15, 0.2) is 0 Å². The van der Waals surface area contributed by atoms with Crippen molar-refractivity contribution >= 4 is 198 Å². The average Bonchev–Trinajstić information content (AvgIpc) is 0.845. The molecule has 0 aromatic heterocycles. The minimum absolute atomic E-state index is 0.0120. The molecule has 0 heterocycles. The van der Waals surface area contributed by atoms with E-state index in [0.29, 0.717) is 41.3 Å². The van der Waals surface area contributed by atoms with Gasteiger partial charge in [-0.05, 0) is 344 Å². The summed E-state index contributed by atoms with van der Waals surface area (Å²) in [6.45, 7) is 12.3. The fraction of sp³-hybridized carbons (Fsp3) is 0.100. The van der Waals surface area contributed by atoms with Crippen LogP contribution in [0.2, 0.25) is 0 Å².